The molecule has 2 aromatic rings. The van der Waals surface area contributed by atoms with Crippen LogP contribution in [0.25, 0.3) is 0 Å². The van der Waals surface area contributed by atoms with E-state index in [0.717, 1.165) is 30.0 Å². The SMILES string of the molecule is COc1cccc2c1C=[N+](c1cccc([N+](=O)[O-])c1)CC2. The number of rotatable bonds is 3. The van der Waals surface area contributed by atoms with Crippen LogP contribution in [0.4, 0.5) is 11.4 Å². The molecule has 0 N–H and O–H groups in total. The predicted molar refractivity (Wildman–Crippen MR) is 79.7 cm³/mol. The third kappa shape index (κ3) is 2.50. The Kier molecular flexibility index (Phi) is 3.39. The molecule has 0 saturated heterocycles. The number of benzene rings is 2. The molecule has 0 radical (unpaired) electrons. The first-order chi connectivity index (χ1) is 10.2. The molecule has 0 unspecified atom stereocenters. The maximum absolute atomic E-state index is 10.9. The minimum atomic E-state index is -0.373. The Morgan fingerprint density at radius 3 is 2.81 bits per heavy atom. The molecule has 0 saturated carbocycles. The number of ether oxygens (including phenoxy) is 1. The van der Waals surface area contributed by atoms with Gasteiger partial charge >= 0.3 is 0 Å². The average Bonchev–Trinajstić information content (AvgIpc) is 2.53. The van der Waals surface area contributed by atoms with Gasteiger partial charge in [-0.25, -0.2) is 0 Å². The van der Waals surface area contributed by atoms with Crippen molar-refractivity contribution in [3.8, 4) is 5.75 Å². The number of methoxy groups -OCH3 is 1. The predicted octanol–water partition coefficient (Wildman–Crippen LogP) is 2.92. The van der Waals surface area contributed by atoms with E-state index >= 15 is 0 Å². The summed E-state index contributed by atoms with van der Waals surface area (Å²) >= 11 is 0. The smallest absolute Gasteiger partial charge is 0.276 e. The van der Waals surface area contributed by atoms with Crippen LogP contribution >= 0.6 is 0 Å². The summed E-state index contributed by atoms with van der Waals surface area (Å²) in [6.45, 7) is 0.793. The second kappa shape index (κ2) is 5.36. The van der Waals surface area contributed by atoms with E-state index in [4.69, 9.17) is 4.74 Å². The van der Waals surface area contributed by atoms with E-state index in [1.807, 2.05) is 29.0 Å². The van der Waals surface area contributed by atoms with E-state index < -0.39 is 0 Å². The first kappa shape index (κ1) is 13.3. The van der Waals surface area contributed by atoms with Gasteiger partial charge in [-0.15, -0.1) is 0 Å². The molecule has 0 atom stereocenters. The van der Waals surface area contributed by atoms with Gasteiger partial charge in [-0.2, -0.15) is 4.58 Å². The van der Waals surface area contributed by atoms with Gasteiger partial charge in [0.1, 0.15) is 5.75 Å². The zero-order chi connectivity index (χ0) is 14.8. The van der Waals surface area contributed by atoms with Crippen molar-refractivity contribution >= 4 is 17.6 Å². The normalized spacial score (nSPS) is 13.3. The van der Waals surface area contributed by atoms with Gasteiger partial charge < -0.3 is 4.74 Å². The number of nitro benzene ring substituents is 1. The van der Waals surface area contributed by atoms with Crippen LogP contribution in [0.15, 0.2) is 42.5 Å². The molecule has 3 rings (SSSR count). The summed E-state index contributed by atoms with van der Waals surface area (Å²) < 4.78 is 7.42. The highest BCUT2D eigenvalue weighted by atomic mass is 16.6. The molecule has 1 heterocycles. The minimum Gasteiger partial charge on any atom is -0.496 e. The molecule has 106 valence electrons. The summed E-state index contributed by atoms with van der Waals surface area (Å²) in [5.41, 5.74) is 3.20. The molecule has 0 aliphatic carbocycles. The molecule has 0 fully saturated rings. The first-order valence-corrected chi connectivity index (χ1v) is 6.71. The topological polar surface area (TPSA) is 55.4 Å². The van der Waals surface area contributed by atoms with Crippen molar-refractivity contribution in [2.24, 2.45) is 0 Å². The molecule has 0 bridgehead atoms. The van der Waals surface area contributed by atoms with Crippen LogP contribution in [0.1, 0.15) is 11.1 Å². The Hall–Kier alpha value is -2.69. The molecule has 5 nitrogen and oxygen atoms in total. The molecule has 1 aliphatic rings. The van der Waals surface area contributed by atoms with E-state index in [9.17, 15) is 10.1 Å². The lowest BCUT2D eigenvalue weighted by atomic mass is 10.0. The number of nitro groups is 1. The fraction of sp³-hybridized carbons (Fsp3) is 0.188. The van der Waals surface area contributed by atoms with E-state index in [0.29, 0.717) is 0 Å². The van der Waals surface area contributed by atoms with Crippen molar-refractivity contribution in [3.05, 3.63) is 63.7 Å². The van der Waals surface area contributed by atoms with Gasteiger partial charge in [0.25, 0.3) is 5.69 Å². The van der Waals surface area contributed by atoms with Gasteiger partial charge in [-0.3, -0.25) is 10.1 Å². The van der Waals surface area contributed by atoms with Crippen LogP contribution in [0, 0.1) is 10.1 Å². The quantitative estimate of drug-likeness (QED) is 0.494. The fourth-order valence-corrected chi connectivity index (χ4v) is 2.58. The van der Waals surface area contributed by atoms with Crippen molar-refractivity contribution in [2.75, 3.05) is 13.7 Å². The number of hydrogen-bond donors (Lipinski definition) is 0. The second-order valence-electron chi connectivity index (χ2n) is 4.88. The molecule has 5 heteroatoms. The number of non-ortho nitro benzene ring substituents is 1. The van der Waals surface area contributed by atoms with Crippen LogP contribution < -0.4 is 4.74 Å². The average molecular weight is 283 g/mol. The third-order valence-electron chi connectivity index (χ3n) is 3.66. The fourth-order valence-electron chi connectivity index (χ4n) is 2.58. The van der Waals surface area contributed by atoms with Gasteiger partial charge in [0.05, 0.1) is 23.7 Å². The largest absolute Gasteiger partial charge is 0.496 e. The van der Waals surface area contributed by atoms with Crippen molar-refractivity contribution in [3.63, 3.8) is 0 Å². The monoisotopic (exact) mass is 283 g/mol. The molecular formula is C16H15N2O3+. The Balaban J connectivity index is 2.06. The Morgan fingerprint density at radius 1 is 1.24 bits per heavy atom. The van der Waals surface area contributed by atoms with Crippen molar-refractivity contribution in [1.29, 1.82) is 0 Å². The summed E-state index contributed by atoms with van der Waals surface area (Å²) in [5, 5.41) is 10.9. The van der Waals surface area contributed by atoms with Crippen LogP contribution in [-0.4, -0.2) is 29.4 Å². The van der Waals surface area contributed by atoms with Crippen LogP contribution in [0.5, 0.6) is 5.75 Å². The Labute approximate surface area is 122 Å². The zero-order valence-corrected chi connectivity index (χ0v) is 11.7. The van der Waals surface area contributed by atoms with Crippen LogP contribution in [0.2, 0.25) is 0 Å². The van der Waals surface area contributed by atoms with E-state index in [1.165, 1.54) is 11.6 Å². The molecule has 21 heavy (non-hydrogen) atoms. The van der Waals surface area contributed by atoms with E-state index in [2.05, 4.69) is 6.07 Å². The summed E-state index contributed by atoms with van der Waals surface area (Å²) in [6.07, 6.45) is 2.88. The van der Waals surface area contributed by atoms with Gasteiger partial charge in [0.15, 0.2) is 12.8 Å². The van der Waals surface area contributed by atoms with Crippen molar-refractivity contribution in [2.45, 2.75) is 6.42 Å². The maximum Gasteiger partial charge on any atom is 0.276 e. The third-order valence-corrected chi connectivity index (χ3v) is 3.66. The molecule has 0 amide bonds. The molecule has 1 aliphatic heterocycles. The van der Waals surface area contributed by atoms with E-state index in [1.54, 1.807) is 19.2 Å². The van der Waals surface area contributed by atoms with E-state index in [-0.39, 0.29) is 10.6 Å². The number of hydrogen-bond acceptors (Lipinski definition) is 3. The maximum atomic E-state index is 10.9. The standard InChI is InChI=1S/C16H15N2O3/c1-21-16-7-2-4-12-8-9-17(11-15(12)16)13-5-3-6-14(10-13)18(19)20/h2-7,10-11H,8-9H2,1H3/q+1. The van der Waals surface area contributed by atoms with Gasteiger partial charge in [0, 0.05) is 18.6 Å². The lowest BCUT2D eigenvalue weighted by Crippen LogP contribution is -2.19. The Bertz CT molecular complexity index is 738. The summed E-state index contributed by atoms with van der Waals surface area (Å²) in [5.74, 6) is 0.822. The first-order valence-electron chi connectivity index (χ1n) is 6.71. The molecule has 2 aromatic carbocycles. The van der Waals surface area contributed by atoms with Gasteiger partial charge in [-0.1, -0.05) is 12.1 Å². The lowest BCUT2D eigenvalue weighted by molar-refractivity contribution is -0.437. The van der Waals surface area contributed by atoms with Gasteiger partial charge in [-0.05, 0) is 17.7 Å². The Morgan fingerprint density at radius 2 is 2.05 bits per heavy atom. The molecule has 0 aromatic heterocycles. The molecular weight excluding hydrogens is 268 g/mol. The van der Waals surface area contributed by atoms with Crippen LogP contribution in [-0.2, 0) is 6.42 Å². The van der Waals surface area contributed by atoms with Crippen LogP contribution in [0.3, 0.4) is 0 Å². The van der Waals surface area contributed by atoms with Gasteiger partial charge in [0.2, 0.25) is 5.69 Å². The number of fused-ring (bicyclic) bond motifs is 1. The zero-order valence-electron chi connectivity index (χ0n) is 11.7. The summed E-state index contributed by atoms with van der Waals surface area (Å²) in [4.78, 5) is 10.5. The second-order valence-corrected chi connectivity index (χ2v) is 4.88. The van der Waals surface area contributed by atoms with Crippen molar-refractivity contribution in [1.82, 2.24) is 0 Å². The lowest BCUT2D eigenvalue weighted by Gasteiger charge is -2.14. The summed E-state index contributed by atoms with van der Waals surface area (Å²) in [6, 6.07) is 12.7. The number of nitrogens with zero attached hydrogens (tertiary/aromatic N) is 2. The minimum absolute atomic E-state index is 0.103. The molecule has 0 spiro atoms. The highest BCUT2D eigenvalue weighted by molar-refractivity contribution is 5.84. The van der Waals surface area contributed by atoms with Crippen molar-refractivity contribution < 1.29 is 14.2 Å². The summed E-state index contributed by atoms with van der Waals surface area (Å²) in [7, 11) is 1.65. The highest BCUT2D eigenvalue weighted by Gasteiger charge is 2.22. The highest BCUT2D eigenvalue weighted by Crippen LogP contribution is 2.26.